The molecule has 0 bridgehead atoms. The molecule has 0 unspecified atom stereocenters. The molecule has 14 heteroatoms. The van der Waals surface area contributed by atoms with E-state index in [0.29, 0.717) is 32.9 Å². The van der Waals surface area contributed by atoms with Crippen molar-refractivity contribution in [1.29, 1.82) is 0 Å². The van der Waals surface area contributed by atoms with Crippen LogP contribution in [0, 0.1) is 13.8 Å². The Morgan fingerprint density at radius 1 is 1.15 bits per heavy atom. The maximum Gasteiger partial charge on any atom is 0.392 e. The second kappa shape index (κ2) is 9.17. The molecular formula is C20H21N2O8S4-. The predicted octanol–water partition coefficient (Wildman–Crippen LogP) is 2.41. The first-order chi connectivity index (χ1) is 15.9. The lowest BCUT2D eigenvalue weighted by Crippen LogP contribution is -2.38. The molecule has 4 rings (SSSR count). The Balaban J connectivity index is 1.81. The minimum atomic E-state index is -4.46. The number of methoxy groups -OCH3 is 1. The molecule has 34 heavy (non-hydrogen) atoms. The number of furan rings is 1. The fraction of sp³-hybridized carbons (Fsp3) is 0.350. The smallest absolute Gasteiger partial charge is 0.392 e. The van der Waals surface area contributed by atoms with Gasteiger partial charge in [-0.2, -0.15) is 0 Å². The van der Waals surface area contributed by atoms with E-state index in [1.807, 2.05) is 13.0 Å². The Morgan fingerprint density at radius 3 is 2.50 bits per heavy atom. The van der Waals surface area contributed by atoms with Crippen LogP contribution in [0.1, 0.15) is 16.3 Å². The van der Waals surface area contributed by atoms with Gasteiger partial charge in [0.05, 0.1) is 45.5 Å². The third-order valence-corrected chi connectivity index (χ3v) is 9.05. The fourth-order valence-corrected chi connectivity index (χ4v) is 6.72. The summed E-state index contributed by atoms with van der Waals surface area (Å²) in [7, 11) is -7.40. The Labute approximate surface area is 205 Å². The van der Waals surface area contributed by atoms with E-state index in [1.165, 1.54) is 30.2 Å². The molecule has 1 aromatic carbocycles. The maximum absolute atomic E-state index is 11.3. The van der Waals surface area contributed by atoms with Gasteiger partial charge in [-0.1, -0.05) is 23.1 Å². The van der Waals surface area contributed by atoms with Gasteiger partial charge in [-0.15, -0.1) is 4.57 Å². The molecule has 0 atom stereocenters. The van der Waals surface area contributed by atoms with Crippen molar-refractivity contribution in [3.8, 4) is 5.75 Å². The first-order valence-corrected chi connectivity index (χ1v) is 14.8. The second-order valence-electron chi connectivity index (χ2n) is 7.60. The van der Waals surface area contributed by atoms with E-state index >= 15 is 0 Å². The monoisotopic (exact) mass is 545 g/mol. The zero-order valence-electron chi connectivity index (χ0n) is 18.4. The van der Waals surface area contributed by atoms with E-state index in [1.54, 1.807) is 34.6 Å². The minimum Gasteiger partial charge on any atom is -0.748 e. The van der Waals surface area contributed by atoms with Gasteiger partial charge >= 0.3 is 5.71 Å². The number of benzene rings is 1. The number of fused-ring (bicyclic) bond motifs is 2. The number of aromatic nitrogens is 1. The van der Waals surface area contributed by atoms with Crippen molar-refractivity contribution < 1.29 is 39.7 Å². The summed E-state index contributed by atoms with van der Waals surface area (Å²) < 4.78 is 81.5. The third-order valence-electron chi connectivity index (χ3n) is 5.34. The van der Waals surface area contributed by atoms with Crippen molar-refractivity contribution in [3.05, 3.63) is 39.6 Å². The van der Waals surface area contributed by atoms with Crippen LogP contribution in [0.25, 0.3) is 16.5 Å². The van der Waals surface area contributed by atoms with E-state index in [4.69, 9.17) is 9.15 Å². The average Bonchev–Trinajstić information content (AvgIpc) is 3.34. The van der Waals surface area contributed by atoms with Gasteiger partial charge in [0, 0.05) is 23.1 Å². The van der Waals surface area contributed by atoms with Gasteiger partial charge in [0.15, 0.2) is 11.2 Å². The number of anilines is 1. The molecule has 0 radical (unpaired) electrons. The Bertz CT molecular complexity index is 1500. The summed E-state index contributed by atoms with van der Waals surface area (Å²) in [4.78, 5) is 2.56. The maximum atomic E-state index is 11.3. The molecule has 0 saturated heterocycles. The van der Waals surface area contributed by atoms with Gasteiger partial charge in [-0.25, -0.2) is 16.8 Å². The highest BCUT2D eigenvalue weighted by Crippen LogP contribution is 2.48. The van der Waals surface area contributed by atoms with Crippen molar-refractivity contribution >= 4 is 65.5 Å². The van der Waals surface area contributed by atoms with Crippen molar-refractivity contribution in [1.82, 2.24) is 0 Å². The molecule has 2 aromatic heterocycles. The van der Waals surface area contributed by atoms with Gasteiger partial charge in [0.25, 0.3) is 5.01 Å². The third kappa shape index (κ3) is 5.26. The number of rotatable bonds is 8. The quantitative estimate of drug-likeness (QED) is 0.306. The summed E-state index contributed by atoms with van der Waals surface area (Å²) in [5.74, 6) is 0.0599. The van der Waals surface area contributed by atoms with Gasteiger partial charge in [-0.3, -0.25) is 0 Å². The Hall–Kier alpha value is -2.10. The lowest BCUT2D eigenvalue weighted by Gasteiger charge is -2.21. The molecule has 0 aliphatic carbocycles. The SMILES string of the molecule is COc1ccc2c(c1)N(CCS(=O)(=O)[O-])C(=Cc1sc3c(C)c(C)oc3[n+]1CCS(=O)(=O)[O-])S2. The molecule has 3 heterocycles. The first-order valence-electron chi connectivity index (χ1n) is 10.0. The van der Waals surface area contributed by atoms with Gasteiger partial charge < -0.3 is 23.2 Å². The van der Waals surface area contributed by atoms with Crippen LogP contribution in [0.4, 0.5) is 5.69 Å². The van der Waals surface area contributed by atoms with Crippen molar-refractivity contribution in [2.75, 3.05) is 30.1 Å². The van der Waals surface area contributed by atoms with Crippen LogP contribution in [0.2, 0.25) is 0 Å². The molecular weight excluding hydrogens is 524 g/mol. The Kier molecular flexibility index (Phi) is 6.74. The standard InChI is InChI=1S/C20H22N2O8S4/c1-12-13(2)30-20-19(12)32-18(22(20)7-9-34(26,27)28)11-17-21(6-8-33(23,24)25)15-10-14(29-3)4-5-16(15)31-17/h4-5,10-11H,6-9H2,1-3H3,(H-,23,24,25,26,27,28)/p-1. The van der Waals surface area contributed by atoms with Gasteiger partial charge in [-0.05, 0) is 26.0 Å². The molecule has 0 fully saturated rings. The summed E-state index contributed by atoms with van der Waals surface area (Å²) in [5, 5.41) is 1.27. The van der Waals surface area contributed by atoms with E-state index < -0.39 is 31.7 Å². The number of thioether (sulfide) groups is 1. The molecule has 3 aromatic rings. The fourth-order valence-electron chi connectivity index (χ4n) is 3.52. The zero-order valence-corrected chi connectivity index (χ0v) is 21.7. The minimum absolute atomic E-state index is 0.0700. The summed E-state index contributed by atoms with van der Waals surface area (Å²) >= 11 is 2.75. The zero-order chi connectivity index (χ0) is 24.8. The van der Waals surface area contributed by atoms with E-state index in [2.05, 4.69) is 0 Å². The lowest BCUT2D eigenvalue weighted by molar-refractivity contribution is -0.670. The molecule has 0 saturated carbocycles. The van der Waals surface area contributed by atoms with Gasteiger partial charge in [0.1, 0.15) is 21.6 Å². The second-order valence-corrected chi connectivity index (χ2v) is 12.7. The van der Waals surface area contributed by atoms with Crippen molar-refractivity contribution in [2.24, 2.45) is 0 Å². The Morgan fingerprint density at radius 2 is 1.85 bits per heavy atom. The normalized spacial score (nSPS) is 15.4. The van der Waals surface area contributed by atoms with E-state index in [0.717, 1.165) is 15.2 Å². The highest BCUT2D eigenvalue weighted by molar-refractivity contribution is 8.04. The number of nitrogens with zero attached hydrogens (tertiary/aromatic N) is 2. The molecule has 10 nitrogen and oxygen atoms in total. The summed E-state index contributed by atoms with van der Waals surface area (Å²) in [6.07, 6.45) is 1.78. The van der Waals surface area contributed by atoms with Crippen LogP contribution in [-0.2, 0) is 26.8 Å². The lowest BCUT2D eigenvalue weighted by atomic mass is 10.2. The van der Waals surface area contributed by atoms with Crippen LogP contribution in [0.15, 0.2) is 32.5 Å². The van der Waals surface area contributed by atoms with E-state index in [-0.39, 0.29) is 13.1 Å². The van der Waals surface area contributed by atoms with Crippen LogP contribution in [-0.4, -0.2) is 51.1 Å². The van der Waals surface area contributed by atoms with E-state index in [9.17, 15) is 25.9 Å². The predicted molar refractivity (Wildman–Crippen MR) is 127 cm³/mol. The number of hydrogen-bond donors (Lipinski definition) is 0. The van der Waals surface area contributed by atoms with Crippen molar-refractivity contribution in [3.63, 3.8) is 0 Å². The average molecular weight is 546 g/mol. The number of thiazole rings is 1. The summed E-state index contributed by atoms with van der Waals surface area (Å²) in [6, 6.07) is 5.37. The summed E-state index contributed by atoms with van der Waals surface area (Å²) in [6.45, 7) is 3.52. The van der Waals surface area contributed by atoms with Crippen LogP contribution in [0.3, 0.4) is 0 Å². The van der Waals surface area contributed by atoms with Crippen LogP contribution >= 0.6 is 23.1 Å². The summed E-state index contributed by atoms with van der Waals surface area (Å²) in [5.41, 5.74) is 2.07. The molecule has 0 spiro atoms. The number of hydrogen-bond acceptors (Lipinski definition) is 11. The molecule has 0 N–H and O–H groups in total. The molecule has 1 aliphatic heterocycles. The highest BCUT2D eigenvalue weighted by Gasteiger charge is 2.31. The topological polar surface area (TPSA) is 144 Å². The number of ether oxygens (including phenoxy) is 1. The number of aryl methyl sites for hydroxylation is 3. The molecule has 1 aliphatic rings. The largest absolute Gasteiger partial charge is 0.748 e. The highest BCUT2D eigenvalue weighted by atomic mass is 32.2. The molecule has 184 valence electrons. The van der Waals surface area contributed by atoms with Gasteiger partial charge in [0.2, 0.25) is 0 Å². The molecule has 0 amide bonds. The first kappa shape index (κ1) is 25.0. The van der Waals surface area contributed by atoms with Crippen molar-refractivity contribution in [2.45, 2.75) is 25.3 Å². The van der Waals surface area contributed by atoms with Crippen LogP contribution < -0.4 is 14.2 Å². The van der Waals surface area contributed by atoms with Crippen LogP contribution in [0.5, 0.6) is 5.75 Å².